The molecule has 7 heteroatoms. The molecule has 0 aromatic heterocycles. The fraction of sp³-hybridized carbons (Fsp3) is 0.286. The van der Waals surface area contributed by atoms with Gasteiger partial charge in [0.15, 0.2) is 4.91 Å². The maximum absolute atomic E-state index is 13.4. The van der Waals surface area contributed by atoms with Crippen molar-refractivity contribution in [1.29, 1.82) is 0 Å². The first-order chi connectivity index (χ1) is 13.4. The van der Waals surface area contributed by atoms with Crippen molar-refractivity contribution in [2.75, 3.05) is 24.6 Å². The van der Waals surface area contributed by atoms with Gasteiger partial charge in [0, 0.05) is 30.8 Å². The number of amides is 1. The van der Waals surface area contributed by atoms with Crippen LogP contribution in [0.2, 0.25) is 0 Å². The number of nitrogens with one attached hydrogen (secondary N) is 1. The number of sulfonamides is 1. The third-order valence-corrected chi connectivity index (χ3v) is 6.51. The molecular formula is C21H24N2O4S. The Morgan fingerprint density at radius 1 is 1.11 bits per heavy atom. The first-order valence-corrected chi connectivity index (χ1v) is 10.6. The molecule has 2 aromatic rings. The van der Waals surface area contributed by atoms with Crippen LogP contribution in [0.1, 0.15) is 25.0 Å². The minimum atomic E-state index is -4.02. The predicted molar refractivity (Wildman–Crippen MR) is 110 cm³/mol. The molecule has 0 fully saturated rings. The van der Waals surface area contributed by atoms with Crippen LogP contribution in [-0.4, -0.2) is 40.6 Å². The molecule has 0 saturated heterocycles. The molecule has 28 heavy (non-hydrogen) atoms. The van der Waals surface area contributed by atoms with Gasteiger partial charge in [-0.2, -0.15) is 0 Å². The molecule has 1 heterocycles. The van der Waals surface area contributed by atoms with E-state index in [1.165, 1.54) is 11.4 Å². The second-order valence-corrected chi connectivity index (χ2v) is 8.39. The smallest absolute Gasteiger partial charge is 0.270 e. The van der Waals surface area contributed by atoms with Crippen LogP contribution in [-0.2, 0) is 19.6 Å². The molecule has 0 bridgehead atoms. The number of carbonyl (C=O) groups is 1. The van der Waals surface area contributed by atoms with Crippen molar-refractivity contribution in [2.45, 2.75) is 19.9 Å². The minimum absolute atomic E-state index is 0.228. The number of fused-ring (bicyclic) bond motifs is 1. The van der Waals surface area contributed by atoms with E-state index in [0.29, 0.717) is 16.8 Å². The van der Waals surface area contributed by atoms with Crippen LogP contribution in [0.15, 0.2) is 59.5 Å². The number of nitrogens with zero attached hydrogens (tertiary/aromatic N) is 1. The molecule has 3 rings (SSSR count). The Kier molecular flexibility index (Phi) is 5.86. The van der Waals surface area contributed by atoms with Gasteiger partial charge in [-0.3, -0.25) is 9.10 Å². The third-order valence-electron chi connectivity index (χ3n) is 4.57. The largest absolute Gasteiger partial charge is 0.383 e. The zero-order chi connectivity index (χ0) is 20.3. The Morgan fingerprint density at radius 2 is 1.75 bits per heavy atom. The van der Waals surface area contributed by atoms with E-state index >= 15 is 0 Å². The van der Waals surface area contributed by atoms with E-state index in [4.69, 9.17) is 4.74 Å². The Hall–Kier alpha value is -2.64. The summed E-state index contributed by atoms with van der Waals surface area (Å²) in [7, 11) is -2.49. The van der Waals surface area contributed by atoms with Gasteiger partial charge < -0.3 is 10.1 Å². The van der Waals surface area contributed by atoms with Crippen molar-refractivity contribution in [3.8, 4) is 0 Å². The molecule has 1 unspecified atom stereocenters. The van der Waals surface area contributed by atoms with Gasteiger partial charge in [0.1, 0.15) is 0 Å². The Morgan fingerprint density at radius 3 is 2.39 bits per heavy atom. The maximum atomic E-state index is 13.4. The van der Waals surface area contributed by atoms with Crippen LogP contribution in [0.25, 0.3) is 5.57 Å². The molecule has 148 valence electrons. The number of ether oxygens (including phenoxy) is 1. The van der Waals surface area contributed by atoms with Gasteiger partial charge in [0.25, 0.3) is 15.9 Å². The van der Waals surface area contributed by atoms with Gasteiger partial charge in [-0.1, -0.05) is 48.5 Å². The molecule has 1 amide bonds. The van der Waals surface area contributed by atoms with Gasteiger partial charge in [0.05, 0.1) is 12.3 Å². The molecule has 0 aliphatic carbocycles. The highest BCUT2D eigenvalue weighted by Crippen LogP contribution is 2.42. The predicted octanol–water partition coefficient (Wildman–Crippen LogP) is 2.77. The van der Waals surface area contributed by atoms with Crippen molar-refractivity contribution in [2.24, 2.45) is 0 Å². The summed E-state index contributed by atoms with van der Waals surface area (Å²) >= 11 is 0. The van der Waals surface area contributed by atoms with Crippen molar-refractivity contribution in [3.63, 3.8) is 0 Å². The number of hydrogen-bond donors (Lipinski definition) is 1. The molecule has 1 aliphatic heterocycles. The van der Waals surface area contributed by atoms with Gasteiger partial charge >= 0.3 is 0 Å². The molecule has 1 N–H and O–H groups in total. The average Bonchev–Trinajstić information content (AvgIpc) is 2.67. The monoisotopic (exact) mass is 400 g/mol. The topological polar surface area (TPSA) is 75.7 Å². The summed E-state index contributed by atoms with van der Waals surface area (Å²) in [6, 6.07) is 16.1. The summed E-state index contributed by atoms with van der Waals surface area (Å²) in [5, 5.41) is 2.75. The molecule has 0 spiro atoms. The number of carbonyl (C=O) groups excluding carboxylic acids is 1. The summed E-state index contributed by atoms with van der Waals surface area (Å²) in [5.41, 5.74) is 2.39. The maximum Gasteiger partial charge on any atom is 0.270 e. The van der Waals surface area contributed by atoms with Crippen LogP contribution in [0.4, 0.5) is 5.69 Å². The van der Waals surface area contributed by atoms with Crippen LogP contribution in [0, 0.1) is 0 Å². The number of methoxy groups -OCH3 is 1. The first-order valence-electron chi connectivity index (χ1n) is 9.13. The molecule has 0 saturated carbocycles. The van der Waals surface area contributed by atoms with Gasteiger partial charge in [-0.25, -0.2) is 8.42 Å². The summed E-state index contributed by atoms with van der Waals surface area (Å²) < 4.78 is 33.2. The van der Waals surface area contributed by atoms with Crippen LogP contribution in [0.3, 0.4) is 0 Å². The standard InChI is InChI=1S/C21H24N2O4S/c1-4-23-18-13-9-8-12-17(18)19(16-10-6-5-7-11-16)20(28(23,25)26)21(24)22-15(2)14-27-3/h5-13,15H,4,14H2,1-3H3,(H,22,24). The van der Waals surface area contributed by atoms with E-state index in [1.807, 2.05) is 42.5 Å². The molecule has 1 aliphatic rings. The number of para-hydroxylation sites is 1. The Balaban J connectivity index is 2.29. The molecule has 2 aromatic carbocycles. The lowest BCUT2D eigenvalue weighted by molar-refractivity contribution is -0.117. The second kappa shape index (κ2) is 8.16. The van der Waals surface area contributed by atoms with Gasteiger partial charge in [-0.05, 0) is 25.5 Å². The molecule has 6 nitrogen and oxygen atoms in total. The van der Waals surface area contributed by atoms with E-state index < -0.39 is 15.9 Å². The second-order valence-electron chi connectivity index (χ2n) is 6.59. The number of anilines is 1. The highest BCUT2D eigenvalue weighted by atomic mass is 32.2. The normalized spacial score (nSPS) is 16.5. The van der Waals surface area contributed by atoms with Crippen LogP contribution in [0.5, 0.6) is 0 Å². The number of hydrogen-bond acceptors (Lipinski definition) is 4. The zero-order valence-corrected chi connectivity index (χ0v) is 17.0. The number of rotatable bonds is 6. The molecule has 0 radical (unpaired) electrons. The average molecular weight is 401 g/mol. The summed E-state index contributed by atoms with van der Waals surface area (Å²) in [6.07, 6.45) is 0. The van der Waals surface area contributed by atoms with E-state index in [0.717, 1.165) is 5.56 Å². The highest BCUT2D eigenvalue weighted by molar-refractivity contribution is 7.97. The zero-order valence-electron chi connectivity index (χ0n) is 16.2. The molecular weight excluding hydrogens is 376 g/mol. The van der Waals surface area contributed by atoms with E-state index in [2.05, 4.69) is 5.32 Å². The van der Waals surface area contributed by atoms with E-state index in [9.17, 15) is 13.2 Å². The van der Waals surface area contributed by atoms with Crippen LogP contribution >= 0.6 is 0 Å². The highest BCUT2D eigenvalue weighted by Gasteiger charge is 2.40. The minimum Gasteiger partial charge on any atom is -0.383 e. The summed E-state index contributed by atoms with van der Waals surface area (Å²) in [6.45, 7) is 4.04. The lowest BCUT2D eigenvalue weighted by Gasteiger charge is -2.33. The first kappa shape index (κ1) is 20.1. The summed E-state index contributed by atoms with van der Waals surface area (Å²) in [4.78, 5) is 12.9. The van der Waals surface area contributed by atoms with Crippen LogP contribution < -0.4 is 9.62 Å². The third kappa shape index (κ3) is 3.55. The van der Waals surface area contributed by atoms with Gasteiger partial charge in [-0.15, -0.1) is 0 Å². The lowest BCUT2D eigenvalue weighted by atomic mass is 9.95. The summed E-state index contributed by atoms with van der Waals surface area (Å²) in [5.74, 6) is -0.628. The molecule has 1 atom stereocenters. The SMILES string of the molecule is CCN1c2ccccc2C(c2ccccc2)=C(C(=O)NC(C)COC)S1(=O)=O. The fourth-order valence-corrected chi connectivity index (χ4v) is 5.19. The quantitative estimate of drug-likeness (QED) is 0.809. The van der Waals surface area contributed by atoms with Crippen molar-refractivity contribution >= 4 is 27.2 Å². The van der Waals surface area contributed by atoms with Crippen molar-refractivity contribution < 1.29 is 17.9 Å². The van der Waals surface area contributed by atoms with Crippen molar-refractivity contribution in [1.82, 2.24) is 5.32 Å². The van der Waals surface area contributed by atoms with Crippen molar-refractivity contribution in [3.05, 3.63) is 70.6 Å². The van der Waals surface area contributed by atoms with E-state index in [1.54, 1.807) is 26.0 Å². The Bertz CT molecular complexity index is 1000. The van der Waals surface area contributed by atoms with E-state index in [-0.39, 0.29) is 24.1 Å². The van der Waals surface area contributed by atoms with Gasteiger partial charge in [0.2, 0.25) is 0 Å². The lowest BCUT2D eigenvalue weighted by Crippen LogP contribution is -2.44. The number of benzene rings is 2. The Labute approximate surface area is 165 Å². The fourth-order valence-electron chi connectivity index (χ4n) is 3.44.